The second-order valence-electron chi connectivity index (χ2n) is 5.68. The highest BCUT2D eigenvalue weighted by molar-refractivity contribution is 5.39. The molecule has 0 aromatic heterocycles. The van der Waals surface area contributed by atoms with Gasteiger partial charge >= 0.3 is 0 Å². The standard InChI is InChI=1S/C17H28N2O2/c1-18-10-7-15-8-11-19(12-9-15)13-14-21-17-6-4-3-5-16(17)20-2/h3-6,15,18H,7-14H2,1-2H3. The summed E-state index contributed by atoms with van der Waals surface area (Å²) >= 11 is 0. The molecule has 1 N–H and O–H groups in total. The third-order valence-corrected chi connectivity index (χ3v) is 4.24. The fourth-order valence-electron chi connectivity index (χ4n) is 2.87. The molecule has 1 fully saturated rings. The Kier molecular flexibility index (Phi) is 6.83. The number of hydrogen-bond acceptors (Lipinski definition) is 4. The van der Waals surface area contributed by atoms with Gasteiger partial charge in [-0.25, -0.2) is 0 Å². The zero-order chi connectivity index (χ0) is 14.9. The summed E-state index contributed by atoms with van der Waals surface area (Å²) in [6, 6.07) is 7.83. The van der Waals surface area contributed by atoms with Crippen LogP contribution in [0, 0.1) is 5.92 Å². The lowest BCUT2D eigenvalue weighted by molar-refractivity contribution is 0.150. The van der Waals surface area contributed by atoms with E-state index in [-0.39, 0.29) is 0 Å². The Morgan fingerprint density at radius 3 is 2.57 bits per heavy atom. The maximum absolute atomic E-state index is 5.85. The predicted molar refractivity (Wildman–Crippen MR) is 86.2 cm³/mol. The summed E-state index contributed by atoms with van der Waals surface area (Å²) in [5, 5.41) is 3.24. The second-order valence-corrected chi connectivity index (χ2v) is 5.68. The summed E-state index contributed by atoms with van der Waals surface area (Å²) in [7, 11) is 3.71. The van der Waals surface area contributed by atoms with E-state index >= 15 is 0 Å². The van der Waals surface area contributed by atoms with E-state index in [1.54, 1.807) is 7.11 Å². The van der Waals surface area contributed by atoms with Crippen LogP contribution in [0.2, 0.25) is 0 Å². The van der Waals surface area contributed by atoms with Crippen molar-refractivity contribution in [3.05, 3.63) is 24.3 Å². The van der Waals surface area contributed by atoms with Gasteiger partial charge in [-0.05, 0) is 64.0 Å². The molecule has 1 aliphatic rings. The second kappa shape index (κ2) is 8.90. The van der Waals surface area contributed by atoms with Crippen LogP contribution < -0.4 is 14.8 Å². The van der Waals surface area contributed by atoms with Gasteiger partial charge < -0.3 is 14.8 Å². The van der Waals surface area contributed by atoms with Crippen molar-refractivity contribution in [2.75, 3.05) is 46.9 Å². The number of benzene rings is 1. The summed E-state index contributed by atoms with van der Waals surface area (Å²) < 4.78 is 11.1. The molecule has 0 radical (unpaired) electrons. The van der Waals surface area contributed by atoms with Crippen molar-refractivity contribution in [3.63, 3.8) is 0 Å². The van der Waals surface area contributed by atoms with Crippen LogP contribution in [-0.2, 0) is 0 Å². The Hall–Kier alpha value is -1.26. The summed E-state index contributed by atoms with van der Waals surface area (Å²) in [4.78, 5) is 2.51. The zero-order valence-corrected chi connectivity index (χ0v) is 13.3. The van der Waals surface area contributed by atoms with Gasteiger partial charge in [0.05, 0.1) is 7.11 Å². The third kappa shape index (κ3) is 5.21. The van der Waals surface area contributed by atoms with Crippen molar-refractivity contribution in [2.24, 2.45) is 5.92 Å². The normalized spacial score (nSPS) is 16.9. The minimum Gasteiger partial charge on any atom is -0.493 e. The van der Waals surface area contributed by atoms with Crippen LogP contribution in [0.1, 0.15) is 19.3 Å². The smallest absolute Gasteiger partial charge is 0.161 e. The fourth-order valence-corrected chi connectivity index (χ4v) is 2.87. The number of ether oxygens (including phenoxy) is 2. The summed E-state index contributed by atoms with van der Waals surface area (Å²) in [5.74, 6) is 2.54. The number of hydrogen-bond donors (Lipinski definition) is 1. The quantitative estimate of drug-likeness (QED) is 0.798. The SMILES string of the molecule is CNCCC1CCN(CCOc2ccccc2OC)CC1. The first-order valence-electron chi connectivity index (χ1n) is 7.96. The average molecular weight is 292 g/mol. The molecule has 0 spiro atoms. The monoisotopic (exact) mass is 292 g/mol. The highest BCUT2D eigenvalue weighted by Gasteiger charge is 2.18. The molecule has 0 aliphatic carbocycles. The van der Waals surface area contributed by atoms with Gasteiger partial charge in [0.1, 0.15) is 6.61 Å². The van der Waals surface area contributed by atoms with Crippen LogP contribution in [-0.4, -0.2) is 51.8 Å². The molecule has 1 saturated heterocycles. The van der Waals surface area contributed by atoms with Crippen LogP contribution in [0.25, 0.3) is 0 Å². The topological polar surface area (TPSA) is 33.7 Å². The summed E-state index contributed by atoms with van der Waals surface area (Å²) in [6.45, 7) is 5.26. The minimum atomic E-state index is 0.724. The van der Waals surface area contributed by atoms with Crippen LogP contribution in [0.15, 0.2) is 24.3 Å². The molecule has 4 nitrogen and oxygen atoms in total. The highest BCUT2D eigenvalue weighted by atomic mass is 16.5. The van der Waals surface area contributed by atoms with Crippen molar-refractivity contribution >= 4 is 0 Å². The molecule has 0 bridgehead atoms. The van der Waals surface area contributed by atoms with Gasteiger partial charge in [-0.3, -0.25) is 4.90 Å². The molecular weight excluding hydrogens is 264 g/mol. The average Bonchev–Trinajstić information content (AvgIpc) is 2.54. The van der Waals surface area contributed by atoms with E-state index in [0.717, 1.165) is 37.1 Å². The van der Waals surface area contributed by atoms with Gasteiger partial charge in [-0.15, -0.1) is 0 Å². The molecule has 1 aromatic carbocycles. The van der Waals surface area contributed by atoms with E-state index in [1.165, 1.54) is 32.4 Å². The van der Waals surface area contributed by atoms with Crippen molar-refractivity contribution in [2.45, 2.75) is 19.3 Å². The van der Waals surface area contributed by atoms with Crippen LogP contribution >= 0.6 is 0 Å². The number of piperidine rings is 1. The molecule has 1 aromatic rings. The van der Waals surface area contributed by atoms with Gasteiger partial charge in [0.2, 0.25) is 0 Å². The molecule has 1 aliphatic heterocycles. The van der Waals surface area contributed by atoms with Gasteiger partial charge in [0, 0.05) is 6.54 Å². The number of para-hydroxylation sites is 2. The predicted octanol–water partition coefficient (Wildman–Crippen LogP) is 2.40. The van der Waals surface area contributed by atoms with Gasteiger partial charge in [-0.2, -0.15) is 0 Å². The molecule has 0 atom stereocenters. The molecule has 2 rings (SSSR count). The Morgan fingerprint density at radius 2 is 1.90 bits per heavy atom. The van der Waals surface area contributed by atoms with Gasteiger partial charge in [0.15, 0.2) is 11.5 Å². The lowest BCUT2D eigenvalue weighted by atomic mass is 9.93. The van der Waals surface area contributed by atoms with E-state index in [1.807, 2.05) is 31.3 Å². The van der Waals surface area contributed by atoms with Crippen molar-refractivity contribution in [1.29, 1.82) is 0 Å². The number of likely N-dealkylation sites (tertiary alicyclic amines) is 1. The zero-order valence-electron chi connectivity index (χ0n) is 13.3. The maximum Gasteiger partial charge on any atom is 0.161 e. The van der Waals surface area contributed by atoms with E-state index in [2.05, 4.69) is 10.2 Å². The number of rotatable bonds is 8. The van der Waals surface area contributed by atoms with Gasteiger partial charge in [0.25, 0.3) is 0 Å². The van der Waals surface area contributed by atoms with Crippen LogP contribution in [0.4, 0.5) is 0 Å². The summed E-state index contributed by atoms with van der Waals surface area (Å²) in [5.41, 5.74) is 0. The molecule has 21 heavy (non-hydrogen) atoms. The van der Waals surface area contributed by atoms with E-state index in [9.17, 15) is 0 Å². The Labute approximate surface area is 128 Å². The first kappa shape index (κ1) is 16.1. The number of nitrogens with zero attached hydrogens (tertiary/aromatic N) is 1. The van der Waals surface area contributed by atoms with Crippen LogP contribution in [0.3, 0.4) is 0 Å². The molecule has 0 unspecified atom stereocenters. The van der Waals surface area contributed by atoms with Crippen molar-refractivity contribution in [1.82, 2.24) is 10.2 Å². The van der Waals surface area contributed by atoms with E-state index < -0.39 is 0 Å². The maximum atomic E-state index is 5.85. The molecular formula is C17H28N2O2. The minimum absolute atomic E-state index is 0.724. The lowest BCUT2D eigenvalue weighted by Gasteiger charge is -2.31. The molecule has 1 heterocycles. The van der Waals surface area contributed by atoms with Crippen molar-refractivity contribution in [3.8, 4) is 11.5 Å². The van der Waals surface area contributed by atoms with Crippen molar-refractivity contribution < 1.29 is 9.47 Å². The summed E-state index contributed by atoms with van der Waals surface area (Å²) in [6.07, 6.45) is 3.94. The van der Waals surface area contributed by atoms with Gasteiger partial charge in [-0.1, -0.05) is 12.1 Å². The Morgan fingerprint density at radius 1 is 1.19 bits per heavy atom. The lowest BCUT2D eigenvalue weighted by Crippen LogP contribution is -2.37. The van der Waals surface area contributed by atoms with E-state index in [0.29, 0.717) is 0 Å². The van der Waals surface area contributed by atoms with Crippen LogP contribution in [0.5, 0.6) is 11.5 Å². The molecule has 118 valence electrons. The Balaban J connectivity index is 1.66. The number of methoxy groups -OCH3 is 1. The number of nitrogens with one attached hydrogen (secondary N) is 1. The highest BCUT2D eigenvalue weighted by Crippen LogP contribution is 2.26. The third-order valence-electron chi connectivity index (χ3n) is 4.24. The largest absolute Gasteiger partial charge is 0.493 e. The van der Waals surface area contributed by atoms with E-state index in [4.69, 9.17) is 9.47 Å². The first-order chi connectivity index (χ1) is 10.3. The molecule has 0 amide bonds. The molecule has 0 saturated carbocycles. The molecule has 4 heteroatoms. The first-order valence-corrected chi connectivity index (χ1v) is 7.96. The Bertz CT molecular complexity index is 404. The fraction of sp³-hybridized carbons (Fsp3) is 0.647.